The van der Waals surface area contributed by atoms with Crippen molar-refractivity contribution >= 4 is 17.5 Å². The predicted octanol–water partition coefficient (Wildman–Crippen LogP) is 2.19. The second-order valence-electron chi connectivity index (χ2n) is 6.24. The van der Waals surface area contributed by atoms with E-state index in [-0.39, 0.29) is 11.8 Å². The van der Waals surface area contributed by atoms with Crippen LogP contribution in [0.15, 0.2) is 54.6 Å². The van der Waals surface area contributed by atoms with Crippen LogP contribution in [0.5, 0.6) is 0 Å². The molecule has 0 radical (unpaired) electrons. The van der Waals surface area contributed by atoms with Gasteiger partial charge < -0.3 is 15.5 Å². The fourth-order valence-electron chi connectivity index (χ4n) is 3.08. The third-order valence-electron chi connectivity index (χ3n) is 4.60. The van der Waals surface area contributed by atoms with Crippen LogP contribution in [0.4, 0.5) is 5.69 Å². The number of aryl methyl sites for hydroxylation is 1. The number of nitrogens with two attached hydrogens (primary N) is 1. The van der Waals surface area contributed by atoms with Crippen LogP contribution in [-0.4, -0.2) is 47.8 Å². The first kappa shape index (κ1) is 17.0. The van der Waals surface area contributed by atoms with E-state index in [1.54, 1.807) is 0 Å². The van der Waals surface area contributed by atoms with Crippen LogP contribution < -0.4 is 5.73 Å². The van der Waals surface area contributed by atoms with Gasteiger partial charge >= 0.3 is 0 Å². The van der Waals surface area contributed by atoms with Crippen molar-refractivity contribution in [2.45, 2.75) is 12.8 Å². The Bertz CT molecular complexity index is 738. The topological polar surface area (TPSA) is 66.6 Å². The van der Waals surface area contributed by atoms with Crippen LogP contribution in [0.3, 0.4) is 0 Å². The average molecular weight is 337 g/mol. The van der Waals surface area contributed by atoms with Crippen LogP contribution >= 0.6 is 0 Å². The van der Waals surface area contributed by atoms with Crippen molar-refractivity contribution in [1.82, 2.24) is 9.80 Å². The highest BCUT2D eigenvalue weighted by Crippen LogP contribution is 2.14. The van der Waals surface area contributed by atoms with Crippen molar-refractivity contribution in [2.75, 3.05) is 31.9 Å². The Balaban J connectivity index is 1.49. The van der Waals surface area contributed by atoms with Crippen LogP contribution in [0.25, 0.3) is 0 Å². The Morgan fingerprint density at radius 2 is 1.44 bits per heavy atom. The third kappa shape index (κ3) is 4.18. The molecule has 2 amide bonds. The summed E-state index contributed by atoms with van der Waals surface area (Å²) in [5.74, 6) is 0.153. The summed E-state index contributed by atoms with van der Waals surface area (Å²) in [5, 5.41) is 0. The molecule has 0 spiro atoms. The van der Waals surface area contributed by atoms with E-state index in [0.717, 1.165) is 11.3 Å². The van der Waals surface area contributed by atoms with Crippen LogP contribution in [0.1, 0.15) is 22.3 Å². The van der Waals surface area contributed by atoms with Crippen molar-refractivity contribution < 1.29 is 9.59 Å². The number of hydrogen-bond donors (Lipinski definition) is 1. The largest absolute Gasteiger partial charge is 0.399 e. The first-order valence-corrected chi connectivity index (χ1v) is 8.60. The van der Waals surface area contributed by atoms with Crippen molar-refractivity contribution in [3.8, 4) is 0 Å². The van der Waals surface area contributed by atoms with Crippen molar-refractivity contribution in [1.29, 1.82) is 0 Å². The van der Waals surface area contributed by atoms with Crippen molar-refractivity contribution in [2.24, 2.45) is 0 Å². The molecule has 2 aromatic carbocycles. The summed E-state index contributed by atoms with van der Waals surface area (Å²) in [4.78, 5) is 28.5. The number of amides is 2. The SMILES string of the molecule is Nc1ccccc1CCC(=O)N1CCN(C(=O)c2ccccc2)CC1. The first-order valence-electron chi connectivity index (χ1n) is 8.60. The molecule has 130 valence electrons. The average Bonchev–Trinajstić information content (AvgIpc) is 2.67. The predicted molar refractivity (Wildman–Crippen MR) is 98.1 cm³/mol. The lowest BCUT2D eigenvalue weighted by Gasteiger charge is -2.35. The number of anilines is 1. The van der Waals surface area contributed by atoms with E-state index in [4.69, 9.17) is 5.73 Å². The van der Waals surface area contributed by atoms with Gasteiger partial charge in [-0.2, -0.15) is 0 Å². The molecule has 0 saturated carbocycles. The van der Waals surface area contributed by atoms with Gasteiger partial charge in [0.05, 0.1) is 0 Å². The lowest BCUT2D eigenvalue weighted by molar-refractivity contribution is -0.132. The molecule has 0 bridgehead atoms. The van der Waals surface area contributed by atoms with Gasteiger partial charge in [0.25, 0.3) is 5.91 Å². The zero-order valence-corrected chi connectivity index (χ0v) is 14.2. The number of piperazine rings is 1. The highest BCUT2D eigenvalue weighted by molar-refractivity contribution is 5.94. The number of carbonyl (C=O) groups excluding carboxylic acids is 2. The molecule has 0 unspecified atom stereocenters. The van der Waals surface area contributed by atoms with E-state index in [1.165, 1.54) is 0 Å². The molecule has 5 heteroatoms. The van der Waals surface area contributed by atoms with Crippen molar-refractivity contribution in [3.05, 3.63) is 65.7 Å². The number of carbonyl (C=O) groups is 2. The number of nitrogen functional groups attached to an aromatic ring is 1. The van der Waals surface area contributed by atoms with E-state index in [0.29, 0.717) is 44.6 Å². The summed E-state index contributed by atoms with van der Waals surface area (Å²) in [6, 6.07) is 16.9. The Labute approximate surface area is 148 Å². The van der Waals surface area contributed by atoms with Gasteiger partial charge in [0.1, 0.15) is 0 Å². The van der Waals surface area contributed by atoms with Gasteiger partial charge in [-0.1, -0.05) is 36.4 Å². The van der Waals surface area contributed by atoms with E-state index in [2.05, 4.69) is 0 Å². The molecule has 1 aliphatic rings. The quantitative estimate of drug-likeness (QED) is 0.870. The summed E-state index contributed by atoms with van der Waals surface area (Å²) >= 11 is 0. The maximum absolute atomic E-state index is 12.4. The zero-order valence-electron chi connectivity index (χ0n) is 14.2. The van der Waals surface area contributed by atoms with E-state index in [1.807, 2.05) is 64.4 Å². The summed E-state index contributed by atoms with van der Waals surface area (Å²) < 4.78 is 0. The number of rotatable bonds is 4. The Kier molecular flexibility index (Phi) is 5.33. The molecule has 0 atom stereocenters. The summed E-state index contributed by atoms with van der Waals surface area (Å²) in [7, 11) is 0. The van der Waals surface area contributed by atoms with Crippen LogP contribution in [0.2, 0.25) is 0 Å². The lowest BCUT2D eigenvalue weighted by atomic mass is 10.1. The molecule has 25 heavy (non-hydrogen) atoms. The Hall–Kier alpha value is -2.82. The second-order valence-corrected chi connectivity index (χ2v) is 6.24. The summed E-state index contributed by atoms with van der Waals surface area (Å²) in [6.07, 6.45) is 1.09. The molecule has 0 aromatic heterocycles. The molecule has 3 rings (SSSR count). The molecule has 2 N–H and O–H groups in total. The van der Waals surface area contributed by atoms with Gasteiger partial charge in [-0.3, -0.25) is 9.59 Å². The molecular weight excluding hydrogens is 314 g/mol. The molecule has 1 saturated heterocycles. The second kappa shape index (κ2) is 7.83. The summed E-state index contributed by atoms with van der Waals surface area (Å²) in [6.45, 7) is 2.32. The smallest absolute Gasteiger partial charge is 0.253 e. The molecule has 1 aliphatic heterocycles. The fourth-order valence-corrected chi connectivity index (χ4v) is 3.08. The van der Waals surface area contributed by atoms with E-state index < -0.39 is 0 Å². The first-order chi connectivity index (χ1) is 12.1. The minimum atomic E-state index is 0.0322. The number of para-hydroxylation sites is 1. The molecule has 1 heterocycles. The zero-order chi connectivity index (χ0) is 17.6. The van der Waals surface area contributed by atoms with E-state index >= 15 is 0 Å². The molecule has 2 aromatic rings. The van der Waals surface area contributed by atoms with Crippen molar-refractivity contribution in [3.63, 3.8) is 0 Å². The minimum absolute atomic E-state index is 0.0322. The minimum Gasteiger partial charge on any atom is -0.399 e. The normalized spacial score (nSPS) is 14.4. The maximum Gasteiger partial charge on any atom is 0.253 e. The molecule has 0 aliphatic carbocycles. The molecule has 1 fully saturated rings. The monoisotopic (exact) mass is 337 g/mol. The number of hydrogen-bond acceptors (Lipinski definition) is 3. The fraction of sp³-hybridized carbons (Fsp3) is 0.300. The van der Waals surface area contributed by atoms with Gasteiger partial charge in [0.2, 0.25) is 5.91 Å². The van der Waals surface area contributed by atoms with Crippen LogP contribution in [-0.2, 0) is 11.2 Å². The van der Waals surface area contributed by atoms with Crippen LogP contribution in [0, 0.1) is 0 Å². The van der Waals surface area contributed by atoms with Gasteiger partial charge in [-0.15, -0.1) is 0 Å². The third-order valence-corrected chi connectivity index (χ3v) is 4.60. The molecule has 5 nitrogen and oxygen atoms in total. The van der Waals surface area contributed by atoms with Gasteiger partial charge in [-0.05, 0) is 30.2 Å². The highest BCUT2D eigenvalue weighted by atomic mass is 16.2. The van der Waals surface area contributed by atoms with E-state index in [9.17, 15) is 9.59 Å². The summed E-state index contributed by atoms with van der Waals surface area (Å²) in [5.41, 5.74) is 8.36. The molecular formula is C20H23N3O2. The lowest BCUT2D eigenvalue weighted by Crippen LogP contribution is -2.50. The highest BCUT2D eigenvalue weighted by Gasteiger charge is 2.24. The Morgan fingerprint density at radius 1 is 0.840 bits per heavy atom. The number of nitrogens with zero attached hydrogens (tertiary/aromatic N) is 2. The maximum atomic E-state index is 12.4. The van der Waals surface area contributed by atoms with Gasteiger partial charge in [0, 0.05) is 43.9 Å². The van der Waals surface area contributed by atoms with Gasteiger partial charge in [-0.25, -0.2) is 0 Å². The standard InChI is InChI=1S/C20H23N3O2/c21-18-9-5-4-6-16(18)10-11-19(24)22-12-14-23(15-13-22)20(25)17-7-2-1-3-8-17/h1-9H,10-15,21H2. The Morgan fingerprint density at radius 3 is 2.12 bits per heavy atom. The number of benzene rings is 2. The van der Waals surface area contributed by atoms with Gasteiger partial charge in [0.15, 0.2) is 0 Å².